The van der Waals surface area contributed by atoms with Gasteiger partial charge in [-0.2, -0.15) is 0 Å². The molecule has 4 rings (SSSR count). The number of hydrogen-bond donors (Lipinski definition) is 2. The summed E-state index contributed by atoms with van der Waals surface area (Å²) < 4.78 is 5.50. The van der Waals surface area contributed by atoms with Gasteiger partial charge in [0.2, 0.25) is 5.91 Å². The molecule has 2 N–H and O–H groups in total. The molecule has 1 aliphatic carbocycles. The zero-order valence-electron chi connectivity index (χ0n) is 16.4. The van der Waals surface area contributed by atoms with Gasteiger partial charge in [-0.05, 0) is 68.0 Å². The SMILES string of the molecule is CC1Oc2ccc(NC(=O)CCC(=O)c3ccc4c(c3)CCCC4)cc2NC1=O. The van der Waals surface area contributed by atoms with Gasteiger partial charge in [-0.3, -0.25) is 14.4 Å². The van der Waals surface area contributed by atoms with Crippen LogP contribution in [0.2, 0.25) is 0 Å². The van der Waals surface area contributed by atoms with E-state index in [-0.39, 0.29) is 30.4 Å². The molecule has 0 bridgehead atoms. The number of rotatable bonds is 5. The fourth-order valence-corrected chi connectivity index (χ4v) is 3.79. The van der Waals surface area contributed by atoms with Crippen LogP contribution in [-0.2, 0) is 22.4 Å². The number of Topliss-reactive ketones (excluding diaryl/α,β-unsaturated/α-hetero) is 1. The summed E-state index contributed by atoms with van der Waals surface area (Å²) in [6.45, 7) is 1.67. The van der Waals surface area contributed by atoms with Crippen LogP contribution in [0.15, 0.2) is 36.4 Å². The number of hydrogen-bond acceptors (Lipinski definition) is 4. The van der Waals surface area contributed by atoms with Gasteiger partial charge in [0.05, 0.1) is 5.69 Å². The van der Waals surface area contributed by atoms with Crippen molar-refractivity contribution in [2.24, 2.45) is 0 Å². The van der Waals surface area contributed by atoms with Crippen LogP contribution in [0.5, 0.6) is 5.75 Å². The Balaban J connectivity index is 1.34. The Kier molecular flexibility index (Phi) is 5.34. The van der Waals surface area contributed by atoms with E-state index >= 15 is 0 Å². The number of benzene rings is 2. The number of ether oxygens (including phenoxy) is 1. The van der Waals surface area contributed by atoms with E-state index < -0.39 is 6.10 Å². The molecule has 1 aliphatic heterocycles. The predicted molar refractivity (Wildman–Crippen MR) is 110 cm³/mol. The summed E-state index contributed by atoms with van der Waals surface area (Å²) in [6, 6.07) is 11.0. The van der Waals surface area contributed by atoms with E-state index in [4.69, 9.17) is 4.74 Å². The van der Waals surface area contributed by atoms with Crippen molar-refractivity contribution >= 4 is 29.0 Å². The van der Waals surface area contributed by atoms with Gasteiger partial charge >= 0.3 is 0 Å². The number of anilines is 2. The summed E-state index contributed by atoms with van der Waals surface area (Å²) >= 11 is 0. The molecule has 0 saturated carbocycles. The van der Waals surface area contributed by atoms with E-state index in [9.17, 15) is 14.4 Å². The maximum atomic E-state index is 12.5. The Morgan fingerprint density at radius 2 is 1.86 bits per heavy atom. The van der Waals surface area contributed by atoms with Crippen molar-refractivity contribution in [3.63, 3.8) is 0 Å². The molecule has 150 valence electrons. The van der Waals surface area contributed by atoms with Gasteiger partial charge in [0, 0.05) is 24.1 Å². The number of carbonyl (C=O) groups is 3. The second kappa shape index (κ2) is 8.07. The topological polar surface area (TPSA) is 84.5 Å². The highest BCUT2D eigenvalue weighted by Gasteiger charge is 2.23. The summed E-state index contributed by atoms with van der Waals surface area (Å²) in [5, 5.41) is 5.53. The van der Waals surface area contributed by atoms with E-state index in [1.54, 1.807) is 25.1 Å². The molecule has 1 unspecified atom stereocenters. The summed E-state index contributed by atoms with van der Waals surface area (Å²) in [5.41, 5.74) is 4.35. The second-order valence-electron chi connectivity index (χ2n) is 7.62. The largest absolute Gasteiger partial charge is 0.479 e. The number of carbonyl (C=O) groups excluding carboxylic acids is 3. The lowest BCUT2D eigenvalue weighted by molar-refractivity contribution is -0.122. The molecule has 2 aromatic carbocycles. The zero-order chi connectivity index (χ0) is 20.4. The molecule has 0 fully saturated rings. The predicted octanol–water partition coefficient (Wildman–Crippen LogP) is 3.89. The van der Waals surface area contributed by atoms with Crippen LogP contribution in [0.25, 0.3) is 0 Å². The molecule has 0 radical (unpaired) electrons. The quantitative estimate of drug-likeness (QED) is 0.756. The molecular weight excluding hydrogens is 368 g/mol. The summed E-state index contributed by atoms with van der Waals surface area (Å²) in [7, 11) is 0. The highest BCUT2D eigenvalue weighted by molar-refractivity contribution is 6.01. The van der Waals surface area contributed by atoms with E-state index in [1.165, 1.54) is 17.5 Å². The molecule has 0 spiro atoms. The van der Waals surface area contributed by atoms with Crippen molar-refractivity contribution in [1.82, 2.24) is 0 Å². The zero-order valence-corrected chi connectivity index (χ0v) is 16.4. The number of amides is 2. The highest BCUT2D eigenvalue weighted by atomic mass is 16.5. The third kappa shape index (κ3) is 4.31. The molecule has 2 aliphatic rings. The minimum Gasteiger partial charge on any atom is -0.479 e. The van der Waals surface area contributed by atoms with Crippen molar-refractivity contribution in [1.29, 1.82) is 0 Å². The summed E-state index contributed by atoms with van der Waals surface area (Å²) in [5.74, 6) is 0.0793. The Labute approximate surface area is 169 Å². The van der Waals surface area contributed by atoms with Gasteiger partial charge in [-0.25, -0.2) is 0 Å². The number of ketones is 1. The molecule has 2 aromatic rings. The Hall–Kier alpha value is -3.15. The van der Waals surface area contributed by atoms with Crippen LogP contribution in [0.4, 0.5) is 11.4 Å². The van der Waals surface area contributed by atoms with Gasteiger partial charge in [0.25, 0.3) is 5.91 Å². The molecule has 0 saturated heterocycles. The molecule has 29 heavy (non-hydrogen) atoms. The van der Waals surface area contributed by atoms with E-state index in [1.807, 2.05) is 18.2 Å². The van der Waals surface area contributed by atoms with E-state index in [2.05, 4.69) is 10.6 Å². The summed E-state index contributed by atoms with van der Waals surface area (Å²) in [4.78, 5) is 36.5. The third-order valence-corrected chi connectivity index (χ3v) is 5.44. The normalized spacial score (nSPS) is 17.4. The van der Waals surface area contributed by atoms with Gasteiger partial charge < -0.3 is 15.4 Å². The van der Waals surface area contributed by atoms with Crippen LogP contribution in [0, 0.1) is 0 Å². The fourth-order valence-electron chi connectivity index (χ4n) is 3.79. The van der Waals surface area contributed by atoms with Crippen LogP contribution in [0.1, 0.15) is 54.1 Å². The Morgan fingerprint density at radius 1 is 1.07 bits per heavy atom. The lowest BCUT2D eigenvalue weighted by Gasteiger charge is -2.23. The lowest BCUT2D eigenvalue weighted by Crippen LogP contribution is -2.34. The standard InChI is InChI=1S/C23H24N2O4/c1-14-23(28)25-19-13-18(8-10-21(19)29-14)24-22(27)11-9-20(26)17-7-6-15-4-2-3-5-16(15)12-17/h6-8,10,12-14H,2-5,9,11H2,1H3,(H,24,27)(H,25,28). The fraction of sp³-hybridized carbons (Fsp3) is 0.348. The first-order chi connectivity index (χ1) is 14.0. The van der Waals surface area contributed by atoms with Crippen molar-refractivity contribution in [2.45, 2.75) is 51.6 Å². The van der Waals surface area contributed by atoms with Crippen LogP contribution in [0.3, 0.4) is 0 Å². The molecule has 6 nitrogen and oxygen atoms in total. The highest BCUT2D eigenvalue weighted by Crippen LogP contribution is 2.32. The van der Waals surface area contributed by atoms with E-state index in [0.29, 0.717) is 22.7 Å². The molecule has 6 heteroatoms. The van der Waals surface area contributed by atoms with Crippen molar-refractivity contribution < 1.29 is 19.1 Å². The monoisotopic (exact) mass is 392 g/mol. The average Bonchev–Trinajstić information content (AvgIpc) is 2.72. The van der Waals surface area contributed by atoms with Crippen molar-refractivity contribution in [3.05, 3.63) is 53.1 Å². The number of aryl methyl sites for hydroxylation is 2. The van der Waals surface area contributed by atoms with Crippen LogP contribution >= 0.6 is 0 Å². The number of nitrogens with one attached hydrogen (secondary N) is 2. The first-order valence-electron chi connectivity index (χ1n) is 10.1. The van der Waals surface area contributed by atoms with Gasteiger partial charge in [-0.1, -0.05) is 12.1 Å². The first-order valence-corrected chi connectivity index (χ1v) is 10.1. The lowest BCUT2D eigenvalue weighted by atomic mass is 9.89. The molecule has 0 aromatic heterocycles. The minimum absolute atomic E-state index is 0.0198. The Bertz CT molecular complexity index is 983. The molecule has 1 atom stereocenters. The summed E-state index contributed by atoms with van der Waals surface area (Å²) in [6.07, 6.45) is 4.19. The van der Waals surface area contributed by atoms with Gasteiger partial charge in [0.15, 0.2) is 11.9 Å². The van der Waals surface area contributed by atoms with Gasteiger partial charge in [-0.15, -0.1) is 0 Å². The molecular formula is C23H24N2O4. The maximum absolute atomic E-state index is 12.5. The Morgan fingerprint density at radius 3 is 2.69 bits per heavy atom. The number of fused-ring (bicyclic) bond motifs is 2. The van der Waals surface area contributed by atoms with Crippen LogP contribution < -0.4 is 15.4 Å². The second-order valence-corrected chi connectivity index (χ2v) is 7.62. The maximum Gasteiger partial charge on any atom is 0.265 e. The first kappa shape index (κ1) is 19.2. The minimum atomic E-state index is -0.544. The van der Waals surface area contributed by atoms with E-state index in [0.717, 1.165) is 19.3 Å². The van der Waals surface area contributed by atoms with Crippen molar-refractivity contribution in [2.75, 3.05) is 10.6 Å². The van der Waals surface area contributed by atoms with Crippen molar-refractivity contribution in [3.8, 4) is 5.75 Å². The average molecular weight is 392 g/mol. The molecule has 1 heterocycles. The van der Waals surface area contributed by atoms with Gasteiger partial charge in [0.1, 0.15) is 5.75 Å². The smallest absolute Gasteiger partial charge is 0.265 e. The van der Waals surface area contributed by atoms with Crippen LogP contribution in [-0.4, -0.2) is 23.7 Å². The molecule has 2 amide bonds. The third-order valence-electron chi connectivity index (χ3n) is 5.44.